The second-order valence-electron chi connectivity index (χ2n) is 6.55. The van der Waals surface area contributed by atoms with E-state index in [0.717, 1.165) is 17.0 Å². The summed E-state index contributed by atoms with van der Waals surface area (Å²) in [6.07, 6.45) is 1.97. The van der Waals surface area contributed by atoms with E-state index in [4.69, 9.17) is 4.74 Å². The van der Waals surface area contributed by atoms with Crippen LogP contribution in [0.25, 0.3) is 6.08 Å². The lowest BCUT2D eigenvalue weighted by atomic mass is 9.89. The summed E-state index contributed by atoms with van der Waals surface area (Å²) in [7, 11) is 0. The van der Waals surface area contributed by atoms with Crippen LogP contribution in [0.5, 0.6) is 5.75 Å². The Bertz CT molecular complexity index is 554. The summed E-state index contributed by atoms with van der Waals surface area (Å²) in [4.78, 5) is 11.7. The number of amides is 1. The van der Waals surface area contributed by atoms with E-state index in [9.17, 15) is 4.79 Å². The summed E-state index contributed by atoms with van der Waals surface area (Å²) < 4.78 is 5.85. The first-order chi connectivity index (χ1) is 9.18. The van der Waals surface area contributed by atoms with Gasteiger partial charge in [-0.2, -0.15) is 0 Å². The molecule has 1 aliphatic heterocycles. The predicted octanol–water partition coefficient (Wildman–Crippen LogP) is 2.87. The van der Waals surface area contributed by atoms with Crippen LogP contribution in [0.4, 0.5) is 0 Å². The van der Waals surface area contributed by atoms with Crippen LogP contribution >= 0.6 is 0 Å². The zero-order valence-electron chi connectivity index (χ0n) is 12.7. The van der Waals surface area contributed by atoms with Gasteiger partial charge in [0.2, 0.25) is 5.91 Å². The molecule has 1 fully saturated rings. The quantitative estimate of drug-likeness (QED) is 0.872. The molecule has 1 aliphatic rings. The smallest absolute Gasteiger partial charge is 0.249 e. The summed E-state index contributed by atoms with van der Waals surface area (Å²) in [5.41, 5.74) is 6.67. The van der Waals surface area contributed by atoms with Crippen molar-refractivity contribution < 1.29 is 9.53 Å². The van der Waals surface area contributed by atoms with Gasteiger partial charge in [-0.3, -0.25) is 10.2 Å². The molecule has 1 saturated heterocycles. The first-order valence-corrected chi connectivity index (χ1v) is 6.76. The van der Waals surface area contributed by atoms with Crippen LogP contribution in [-0.4, -0.2) is 11.5 Å². The highest BCUT2D eigenvalue weighted by Crippen LogP contribution is 2.30. The van der Waals surface area contributed by atoms with Gasteiger partial charge in [-0.25, -0.2) is 0 Å². The van der Waals surface area contributed by atoms with E-state index in [-0.39, 0.29) is 11.5 Å². The monoisotopic (exact) mass is 274 g/mol. The van der Waals surface area contributed by atoms with Gasteiger partial charge in [0.15, 0.2) is 0 Å². The standard InChI is InChI=1S/C16H22N2O2/c1-15(2,3)20-12-8-6-7-11(9-12)10-13-16(4,5)14(19)18-17-13/h6-10,17H,1-5H3,(H,18,19)/b13-10-. The van der Waals surface area contributed by atoms with Crippen molar-refractivity contribution in [2.75, 3.05) is 0 Å². The molecule has 1 amide bonds. The molecular formula is C16H22N2O2. The molecule has 0 unspecified atom stereocenters. The molecule has 20 heavy (non-hydrogen) atoms. The molecule has 0 radical (unpaired) electrons. The number of hydrogen-bond acceptors (Lipinski definition) is 3. The van der Waals surface area contributed by atoms with Gasteiger partial charge in [-0.1, -0.05) is 12.1 Å². The first kappa shape index (κ1) is 14.4. The van der Waals surface area contributed by atoms with Crippen molar-refractivity contribution in [1.29, 1.82) is 0 Å². The van der Waals surface area contributed by atoms with Gasteiger partial charge in [0, 0.05) is 5.70 Å². The number of rotatable bonds is 2. The van der Waals surface area contributed by atoms with Crippen LogP contribution in [0.3, 0.4) is 0 Å². The normalized spacial score (nSPS) is 19.6. The Morgan fingerprint density at radius 3 is 2.45 bits per heavy atom. The molecule has 0 saturated carbocycles. The number of hydrazine groups is 1. The van der Waals surface area contributed by atoms with Gasteiger partial charge in [0.05, 0.1) is 5.41 Å². The molecule has 0 bridgehead atoms. The lowest BCUT2D eigenvalue weighted by Gasteiger charge is -2.21. The summed E-state index contributed by atoms with van der Waals surface area (Å²) >= 11 is 0. The molecule has 1 heterocycles. The third kappa shape index (κ3) is 3.13. The van der Waals surface area contributed by atoms with Crippen molar-refractivity contribution in [2.24, 2.45) is 5.41 Å². The topological polar surface area (TPSA) is 50.4 Å². The number of benzene rings is 1. The number of carbonyl (C=O) groups excluding carboxylic acids is 1. The van der Waals surface area contributed by atoms with E-state index < -0.39 is 5.41 Å². The minimum Gasteiger partial charge on any atom is -0.488 e. The van der Waals surface area contributed by atoms with Crippen molar-refractivity contribution in [3.8, 4) is 5.75 Å². The average Bonchev–Trinajstić information content (AvgIpc) is 2.54. The minimum atomic E-state index is -0.541. The maximum absolute atomic E-state index is 11.7. The summed E-state index contributed by atoms with van der Waals surface area (Å²) in [5.74, 6) is 0.799. The molecule has 0 spiro atoms. The molecule has 0 atom stereocenters. The Labute approximate surface area is 120 Å². The van der Waals surface area contributed by atoms with Crippen molar-refractivity contribution in [3.05, 3.63) is 35.5 Å². The summed E-state index contributed by atoms with van der Waals surface area (Å²) in [6.45, 7) is 9.83. The SMILES string of the molecule is CC(C)(C)Oc1cccc(/C=C2\NNC(=O)C2(C)C)c1. The van der Waals surface area contributed by atoms with Crippen molar-refractivity contribution in [2.45, 2.75) is 40.2 Å². The summed E-state index contributed by atoms with van der Waals surface area (Å²) in [5, 5.41) is 0. The fourth-order valence-corrected chi connectivity index (χ4v) is 1.96. The molecule has 4 nitrogen and oxygen atoms in total. The molecule has 2 N–H and O–H groups in total. The summed E-state index contributed by atoms with van der Waals surface area (Å²) in [6, 6.07) is 7.84. The zero-order valence-corrected chi connectivity index (χ0v) is 12.7. The van der Waals surface area contributed by atoms with Crippen LogP contribution < -0.4 is 15.6 Å². The fraction of sp³-hybridized carbons (Fsp3) is 0.438. The Balaban J connectivity index is 2.27. The van der Waals surface area contributed by atoms with Gasteiger partial charge in [0.25, 0.3) is 0 Å². The van der Waals surface area contributed by atoms with E-state index in [2.05, 4.69) is 10.9 Å². The van der Waals surface area contributed by atoms with Crippen LogP contribution in [-0.2, 0) is 4.79 Å². The van der Waals surface area contributed by atoms with Crippen molar-refractivity contribution in [1.82, 2.24) is 10.9 Å². The Morgan fingerprint density at radius 1 is 1.20 bits per heavy atom. The van der Waals surface area contributed by atoms with Gasteiger partial charge < -0.3 is 10.2 Å². The second kappa shape index (κ2) is 4.85. The maximum Gasteiger partial charge on any atom is 0.249 e. The highest BCUT2D eigenvalue weighted by atomic mass is 16.5. The minimum absolute atomic E-state index is 0.0224. The maximum atomic E-state index is 11.7. The molecule has 0 aromatic heterocycles. The van der Waals surface area contributed by atoms with Crippen LogP contribution in [0.15, 0.2) is 30.0 Å². The zero-order chi connectivity index (χ0) is 15.0. The second-order valence-corrected chi connectivity index (χ2v) is 6.55. The molecule has 4 heteroatoms. The molecule has 108 valence electrons. The van der Waals surface area contributed by atoms with Gasteiger partial charge in [-0.15, -0.1) is 0 Å². The van der Waals surface area contributed by atoms with Crippen LogP contribution in [0.2, 0.25) is 0 Å². The predicted molar refractivity (Wildman–Crippen MR) is 79.9 cm³/mol. The highest BCUT2D eigenvalue weighted by Gasteiger charge is 2.37. The van der Waals surface area contributed by atoms with Crippen LogP contribution in [0, 0.1) is 5.41 Å². The van der Waals surface area contributed by atoms with E-state index in [0.29, 0.717) is 0 Å². The molecular weight excluding hydrogens is 252 g/mol. The van der Waals surface area contributed by atoms with E-state index in [1.807, 2.05) is 65.0 Å². The largest absolute Gasteiger partial charge is 0.488 e. The molecule has 1 aromatic rings. The van der Waals surface area contributed by atoms with E-state index in [1.54, 1.807) is 0 Å². The molecule has 1 aromatic carbocycles. The number of nitrogens with one attached hydrogen (secondary N) is 2. The average molecular weight is 274 g/mol. The van der Waals surface area contributed by atoms with Crippen LogP contribution in [0.1, 0.15) is 40.2 Å². The lowest BCUT2D eigenvalue weighted by Crippen LogP contribution is -2.28. The molecule has 0 aliphatic carbocycles. The number of hydrogen-bond donors (Lipinski definition) is 2. The van der Waals surface area contributed by atoms with Crippen molar-refractivity contribution >= 4 is 12.0 Å². The lowest BCUT2D eigenvalue weighted by molar-refractivity contribution is -0.125. The third-order valence-electron chi connectivity index (χ3n) is 3.14. The van der Waals surface area contributed by atoms with Gasteiger partial charge in [0.1, 0.15) is 11.4 Å². The Morgan fingerprint density at radius 2 is 1.90 bits per heavy atom. The van der Waals surface area contributed by atoms with E-state index in [1.165, 1.54) is 0 Å². The fourth-order valence-electron chi connectivity index (χ4n) is 1.96. The van der Waals surface area contributed by atoms with Gasteiger partial charge in [-0.05, 0) is 58.4 Å². The number of ether oxygens (including phenoxy) is 1. The highest BCUT2D eigenvalue weighted by molar-refractivity contribution is 5.89. The Hall–Kier alpha value is -1.97. The molecule has 2 rings (SSSR count). The Kier molecular flexibility index (Phi) is 3.50. The number of carbonyl (C=O) groups is 1. The first-order valence-electron chi connectivity index (χ1n) is 6.76. The third-order valence-corrected chi connectivity index (χ3v) is 3.14. The van der Waals surface area contributed by atoms with Gasteiger partial charge >= 0.3 is 0 Å². The van der Waals surface area contributed by atoms with E-state index >= 15 is 0 Å². The van der Waals surface area contributed by atoms with Crippen molar-refractivity contribution in [3.63, 3.8) is 0 Å².